The molecule has 0 atom stereocenters. The van der Waals surface area contributed by atoms with Crippen LogP contribution in [0.1, 0.15) is 16.7 Å². The molecule has 5 nitrogen and oxygen atoms in total. The number of nitrogens with zero attached hydrogens (tertiary/aromatic N) is 1. The van der Waals surface area contributed by atoms with Gasteiger partial charge in [-0.15, -0.1) is 0 Å². The van der Waals surface area contributed by atoms with Crippen LogP contribution in [0.3, 0.4) is 0 Å². The molecule has 1 aromatic heterocycles. The lowest BCUT2D eigenvalue weighted by Crippen LogP contribution is -2.25. The van der Waals surface area contributed by atoms with Crippen molar-refractivity contribution >= 4 is 10.9 Å². The molecule has 166 valence electrons. The summed E-state index contributed by atoms with van der Waals surface area (Å²) in [5.41, 5.74) is 4.72. The zero-order valence-corrected chi connectivity index (χ0v) is 18.9. The van der Waals surface area contributed by atoms with E-state index >= 15 is 0 Å². The van der Waals surface area contributed by atoms with Crippen LogP contribution in [-0.2, 0) is 19.5 Å². The van der Waals surface area contributed by atoms with E-state index in [1.54, 1.807) is 21.3 Å². The number of hydrogen-bond donors (Lipinski definition) is 1. The van der Waals surface area contributed by atoms with Crippen LogP contribution in [0.5, 0.6) is 17.2 Å². The van der Waals surface area contributed by atoms with Crippen LogP contribution in [0.15, 0.2) is 72.9 Å². The summed E-state index contributed by atoms with van der Waals surface area (Å²) in [6, 6.07) is 23.1. The van der Waals surface area contributed by atoms with Gasteiger partial charge in [-0.05, 0) is 23.1 Å². The number of H-pyrrole nitrogens is 1. The third-order valence-electron chi connectivity index (χ3n) is 5.76. The monoisotopic (exact) mass is 430 g/mol. The normalized spacial score (nSPS) is 11.1. The van der Waals surface area contributed by atoms with Gasteiger partial charge in [0.15, 0.2) is 11.5 Å². The van der Waals surface area contributed by atoms with Gasteiger partial charge in [0.2, 0.25) is 0 Å². The molecule has 0 aliphatic heterocycles. The van der Waals surface area contributed by atoms with Gasteiger partial charge in [0, 0.05) is 37.3 Å². The number of aromatic amines is 1. The number of ether oxygens (including phenoxy) is 3. The molecule has 0 aliphatic rings. The van der Waals surface area contributed by atoms with Gasteiger partial charge in [-0.1, -0.05) is 60.7 Å². The van der Waals surface area contributed by atoms with E-state index in [9.17, 15) is 0 Å². The molecule has 4 aromatic rings. The molecule has 0 radical (unpaired) electrons. The summed E-state index contributed by atoms with van der Waals surface area (Å²) in [4.78, 5) is 5.86. The first-order valence-corrected chi connectivity index (χ1v) is 10.8. The van der Waals surface area contributed by atoms with Crippen LogP contribution in [0, 0.1) is 0 Å². The minimum absolute atomic E-state index is 0.653. The van der Waals surface area contributed by atoms with Crippen LogP contribution < -0.4 is 14.2 Å². The van der Waals surface area contributed by atoms with Crippen molar-refractivity contribution in [1.29, 1.82) is 0 Å². The van der Waals surface area contributed by atoms with Crippen molar-refractivity contribution in [2.75, 3.05) is 27.9 Å². The number of aromatic nitrogens is 1. The van der Waals surface area contributed by atoms with Gasteiger partial charge in [0.25, 0.3) is 0 Å². The highest BCUT2D eigenvalue weighted by molar-refractivity contribution is 5.96. The Morgan fingerprint density at radius 2 is 1.34 bits per heavy atom. The number of methoxy groups -OCH3 is 3. The molecule has 0 bridgehead atoms. The molecule has 0 spiro atoms. The standard InChI is InChI=1S/C27H30N2O3/c1-30-23-16-24(31-2)27(32-3)26-25(23)22(17-28-26)14-15-29(18-20-10-6-4-7-11-20)19-21-12-8-5-9-13-21/h4-13,16-17,28H,14-15,18-19H2,1-3H3. The van der Waals surface area contributed by atoms with Gasteiger partial charge in [0.05, 0.1) is 26.8 Å². The van der Waals surface area contributed by atoms with Gasteiger partial charge >= 0.3 is 0 Å². The Morgan fingerprint density at radius 3 is 1.88 bits per heavy atom. The predicted molar refractivity (Wildman–Crippen MR) is 129 cm³/mol. The smallest absolute Gasteiger partial charge is 0.185 e. The van der Waals surface area contributed by atoms with E-state index in [1.807, 2.05) is 6.07 Å². The molecule has 32 heavy (non-hydrogen) atoms. The Balaban J connectivity index is 1.61. The summed E-state index contributed by atoms with van der Waals surface area (Å²) in [7, 11) is 4.98. The maximum Gasteiger partial charge on any atom is 0.185 e. The fourth-order valence-corrected chi connectivity index (χ4v) is 4.19. The number of fused-ring (bicyclic) bond motifs is 1. The van der Waals surface area contributed by atoms with E-state index in [0.717, 1.165) is 42.7 Å². The lowest BCUT2D eigenvalue weighted by atomic mass is 10.1. The zero-order valence-electron chi connectivity index (χ0n) is 18.9. The molecule has 0 aliphatic carbocycles. The van der Waals surface area contributed by atoms with Crippen molar-refractivity contribution in [2.45, 2.75) is 19.5 Å². The Labute approximate surface area is 189 Å². The largest absolute Gasteiger partial charge is 0.496 e. The second-order valence-corrected chi connectivity index (χ2v) is 7.81. The van der Waals surface area contributed by atoms with Crippen molar-refractivity contribution in [3.05, 3.63) is 89.6 Å². The second-order valence-electron chi connectivity index (χ2n) is 7.81. The average molecular weight is 431 g/mol. The summed E-state index contributed by atoms with van der Waals surface area (Å²) in [6.45, 7) is 2.70. The summed E-state index contributed by atoms with van der Waals surface area (Å²) in [5, 5.41) is 1.05. The first kappa shape index (κ1) is 21.8. The number of hydrogen-bond acceptors (Lipinski definition) is 4. The number of nitrogens with one attached hydrogen (secondary N) is 1. The van der Waals surface area contributed by atoms with Crippen LogP contribution in [0.2, 0.25) is 0 Å². The summed E-state index contributed by atoms with van der Waals surface area (Å²) < 4.78 is 16.8. The van der Waals surface area contributed by atoms with Crippen LogP contribution in [0.25, 0.3) is 10.9 Å². The molecule has 0 saturated heterocycles. The van der Waals surface area contributed by atoms with Gasteiger partial charge in [-0.2, -0.15) is 0 Å². The Morgan fingerprint density at radius 1 is 0.750 bits per heavy atom. The fraction of sp³-hybridized carbons (Fsp3) is 0.259. The van der Waals surface area contributed by atoms with E-state index in [-0.39, 0.29) is 0 Å². The van der Waals surface area contributed by atoms with Crippen LogP contribution in [0.4, 0.5) is 0 Å². The third kappa shape index (κ3) is 4.73. The van der Waals surface area contributed by atoms with E-state index in [0.29, 0.717) is 11.5 Å². The van der Waals surface area contributed by atoms with Gasteiger partial charge < -0.3 is 19.2 Å². The molecule has 0 amide bonds. The van der Waals surface area contributed by atoms with E-state index < -0.39 is 0 Å². The quantitative estimate of drug-likeness (QED) is 0.364. The van der Waals surface area contributed by atoms with Crippen molar-refractivity contribution in [2.24, 2.45) is 0 Å². The van der Waals surface area contributed by atoms with Gasteiger partial charge in [0.1, 0.15) is 5.75 Å². The predicted octanol–water partition coefficient (Wildman–Crippen LogP) is 5.44. The van der Waals surface area contributed by atoms with Crippen molar-refractivity contribution in [1.82, 2.24) is 9.88 Å². The minimum Gasteiger partial charge on any atom is -0.496 e. The molecule has 4 rings (SSSR count). The summed E-state index contributed by atoms with van der Waals surface area (Å²) in [5.74, 6) is 2.13. The van der Waals surface area contributed by atoms with Gasteiger partial charge in [-0.25, -0.2) is 0 Å². The maximum atomic E-state index is 5.70. The highest BCUT2D eigenvalue weighted by Gasteiger charge is 2.19. The number of rotatable bonds is 10. The molecular weight excluding hydrogens is 400 g/mol. The fourth-order valence-electron chi connectivity index (χ4n) is 4.19. The Hall–Kier alpha value is -3.44. The van der Waals surface area contributed by atoms with E-state index in [1.165, 1.54) is 16.7 Å². The third-order valence-corrected chi connectivity index (χ3v) is 5.76. The molecule has 1 heterocycles. The maximum absolute atomic E-state index is 5.70. The van der Waals surface area contributed by atoms with Gasteiger partial charge in [-0.3, -0.25) is 4.90 Å². The minimum atomic E-state index is 0.653. The first-order valence-electron chi connectivity index (χ1n) is 10.8. The lowest BCUT2D eigenvalue weighted by molar-refractivity contribution is 0.260. The first-order chi connectivity index (χ1) is 15.7. The second kappa shape index (κ2) is 10.2. The summed E-state index contributed by atoms with van der Waals surface area (Å²) >= 11 is 0. The molecular formula is C27H30N2O3. The zero-order chi connectivity index (χ0) is 22.3. The Bertz CT molecular complexity index is 1100. The molecule has 0 unspecified atom stereocenters. The van der Waals surface area contributed by atoms with Crippen molar-refractivity contribution in [3.8, 4) is 17.2 Å². The molecule has 1 N–H and O–H groups in total. The highest BCUT2D eigenvalue weighted by atomic mass is 16.5. The van der Waals surface area contributed by atoms with Crippen molar-refractivity contribution < 1.29 is 14.2 Å². The van der Waals surface area contributed by atoms with Crippen molar-refractivity contribution in [3.63, 3.8) is 0 Å². The Kier molecular flexibility index (Phi) is 6.97. The van der Waals surface area contributed by atoms with E-state index in [4.69, 9.17) is 14.2 Å². The molecule has 0 saturated carbocycles. The topological polar surface area (TPSA) is 46.7 Å². The summed E-state index contributed by atoms with van der Waals surface area (Å²) in [6.07, 6.45) is 2.93. The molecule has 5 heteroatoms. The highest BCUT2D eigenvalue weighted by Crippen LogP contribution is 2.42. The van der Waals surface area contributed by atoms with Crippen LogP contribution in [-0.4, -0.2) is 37.8 Å². The lowest BCUT2D eigenvalue weighted by Gasteiger charge is -2.23. The SMILES string of the molecule is COc1cc(OC)c2c(CCN(Cc3ccccc3)Cc3ccccc3)c[nH]c2c1OC. The average Bonchev–Trinajstić information content (AvgIpc) is 3.26. The molecule has 0 fully saturated rings. The molecule has 3 aromatic carbocycles. The van der Waals surface area contributed by atoms with E-state index in [2.05, 4.69) is 76.7 Å². The van der Waals surface area contributed by atoms with Crippen LogP contribution >= 0.6 is 0 Å². The number of benzene rings is 3.